The molecule has 0 aliphatic rings. The van der Waals surface area contributed by atoms with E-state index in [0.29, 0.717) is 12.3 Å². The molecule has 18 heavy (non-hydrogen) atoms. The maximum Gasteiger partial charge on any atom is 0.162 e. The quantitative estimate of drug-likeness (QED) is 0.708. The summed E-state index contributed by atoms with van der Waals surface area (Å²) in [7, 11) is 0. The van der Waals surface area contributed by atoms with Crippen molar-refractivity contribution in [3.8, 4) is 0 Å². The third-order valence-electron chi connectivity index (χ3n) is 3.07. The average Bonchev–Trinajstić information content (AvgIpc) is 2.35. The summed E-state index contributed by atoms with van der Waals surface area (Å²) >= 11 is 3.45. The minimum absolute atomic E-state index is 0.244. The van der Waals surface area contributed by atoms with Crippen LogP contribution < -0.4 is 0 Å². The van der Waals surface area contributed by atoms with Gasteiger partial charge in [0.25, 0.3) is 0 Å². The first-order valence-corrected chi connectivity index (χ1v) is 7.08. The van der Waals surface area contributed by atoms with E-state index in [2.05, 4.69) is 35.8 Å². The van der Waals surface area contributed by atoms with E-state index in [4.69, 9.17) is 0 Å². The first kappa shape index (κ1) is 13.3. The van der Waals surface area contributed by atoms with Crippen molar-refractivity contribution in [2.45, 2.75) is 26.7 Å². The number of hydrogen-bond donors (Lipinski definition) is 0. The van der Waals surface area contributed by atoms with Gasteiger partial charge >= 0.3 is 0 Å². The number of hydrogen-bond acceptors (Lipinski definition) is 1. The van der Waals surface area contributed by atoms with Crippen molar-refractivity contribution in [1.82, 2.24) is 0 Å². The molecule has 0 aliphatic heterocycles. The van der Waals surface area contributed by atoms with Crippen molar-refractivity contribution < 1.29 is 4.79 Å². The van der Waals surface area contributed by atoms with Gasteiger partial charge in [0.15, 0.2) is 5.78 Å². The van der Waals surface area contributed by atoms with Gasteiger partial charge in [0.05, 0.1) is 0 Å². The summed E-state index contributed by atoms with van der Waals surface area (Å²) in [6.07, 6.45) is 1.59. The Morgan fingerprint density at radius 2 is 1.78 bits per heavy atom. The van der Waals surface area contributed by atoms with Gasteiger partial charge in [-0.1, -0.05) is 48.0 Å². The number of ketones is 1. The lowest BCUT2D eigenvalue weighted by molar-refractivity contribution is 0.0975. The van der Waals surface area contributed by atoms with E-state index >= 15 is 0 Å². The minimum atomic E-state index is 0.244. The standard InChI is InChI=1S/C16H17BrO/c1-11(2)3-8-16(18)14-5-4-13-10-15(17)7-6-12(13)9-14/h4-7,9-11H,3,8H2,1-2H3. The van der Waals surface area contributed by atoms with Gasteiger partial charge in [-0.2, -0.15) is 0 Å². The Balaban J connectivity index is 2.24. The van der Waals surface area contributed by atoms with Gasteiger partial charge in [0.2, 0.25) is 0 Å². The second-order valence-corrected chi connectivity index (χ2v) is 5.98. The highest BCUT2D eigenvalue weighted by molar-refractivity contribution is 9.10. The zero-order valence-corrected chi connectivity index (χ0v) is 12.3. The van der Waals surface area contributed by atoms with E-state index < -0.39 is 0 Å². The molecule has 0 spiro atoms. The van der Waals surface area contributed by atoms with Gasteiger partial charge < -0.3 is 0 Å². The Hall–Kier alpha value is -1.15. The predicted molar refractivity (Wildman–Crippen MR) is 80.1 cm³/mol. The Morgan fingerprint density at radius 3 is 2.50 bits per heavy atom. The van der Waals surface area contributed by atoms with E-state index in [1.165, 1.54) is 0 Å². The maximum absolute atomic E-state index is 12.1. The summed E-state index contributed by atoms with van der Waals surface area (Å²) < 4.78 is 1.06. The molecule has 2 aromatic carbocycles. The number of Topliss-reactive ketones (excluding diaryl/α,β-unsaturated/α-hetero) is 1. The lowest BCUT2D eigenvalue weighted by Gasteiger charge is -2.05. The molecule has 0 bridgehead atoms. The van der Waals surface area contributed by atoms with Crippen LogP contribution in [-0.2, 0) is 0 Å². The van der Waals surface area contributed by atoms with Crippen LogP contribution in [0.4, 0.5) is 0 Å². The van der Waals surface area contributed by atoms with Crippen LogP contribution in [0.5, 0.6) is 0 Å². The number of rotatable bonds is 4. The third-order valence-corrected chi connectivity index (χ3v) is 3.57. The van der Waals surface area contributed by atoms with E-state index in [9.17, 15) is 4.79 Å². The Morgan fingerprint density at radius 1 is 1.11 bits per heavy atom. The molecule has 0 unspecified atom stereocenters. The smallest absolute Gasteiger partial charge is 0.162 e. The van der Waals surface area contributed by atoms with Gasteiger partial charge in [-0.25, -0.2) is 0 Å². The van der Waals surface area contributed by atoms with Crippen molar-refractivity contribution in [3.05, 3.63) is 46.4 Å². The molecule has 2 aromatic rings. The minimum Gasteiger partial charge on any atom is -0.294 e. The molecular weight excluding hydrogens is 288 g/mol. The monoisotopic (exact) mass is 304 g/mol. The van der Waals surface area contributed by atoms with Crippen LogP contribution in [-0.4, -0.2) is 5.78 Å². The molecule has 1 nitrogen and oxygen atoms in total. The largest absolute Gasteiger partial charge is 0.294 e. The van der Waals surface area contributed by atoms with E-state index in [1.807, 2.05) is 30.3 Å². The van der Waals surface area contributed by atoms with Crippen LogP contribution in [0.2, 0.25) is 0 Å². The first-order valence-electron chi connectivity index (χ1n) is 6.29. The number of halogens is 1. The zero-order valence-electron chi connectivity index (χ0n) is 10.7. The summed E-state index contributed by atoms with van der Waals surface area (Å²) in [6.45, 7) is 4.29. The molecule has 0 radical (unpaired) electrons. The average molecular weight is 305 g/mol. The molecule has 0 aromatic heterocycles. The normalized spacial score (nSPS) is 11.1. The van der Waals surface area contributed by atoms with Crippen molar-refractivity contribution in [1.29, 1.82) is 0 Å². The van der Waals surface area contributed by atoms with E-state index in [-0.39, 0.29) is 5.78 Å². The van der Waals surface area contributed by atoms with E-state index in [1.54, 1.807) is 0 Å². The van der Waals surface area contributed by atoms with Crippen LogP contribution in [0, 0.1) is 5.92 Å². The van der Waals surface area contributed by atoms with Crippen LogP contribution in [0.3, 0.4) is 0 Å². The number of carbonyl (C=O) groups excluding carboxylic acids is 1. The zero-order chi connectivity index (χ0) is 13.1. The molecule has 0 saturated carbocycles. The lowest BCUT2D eigenvalue weighted by atomic mass is 9.99. The van der Waals surface area contributed by atoms with Crippen LogP contribution in [0.25, 0.3) is 10.8 Å². The summed E-state index contributed by atoms with van der Waals surface area (Å²) in [5, 5.41) is 2.28. The highest BCUT2D eigenvalue weighted by Crippen LogP contribution is 2.22. The van der Waals surface area contributed by atoms with Gasteiger partial charge in [0, 0.05) is 16.5 Å². The van der Waals surface area contributed by atoms with E-state index in [0.717, 1.165) is 27.2 Å². The van der Waals surface area contributed by atoms with Crippen molar-refractivity contribution in [2.24, 2.45) is 5.92 Å². The lowest BCUT2D eigenvalue weighted by Crippen LogP contribution is -2.01. The first-order chi connectivity index (χ1) is 8.56. The van der Waals surface area contributed by atoms with Crippen LogP contribution in [0.15, 0.2) is 40.9 Å². The van der Waals surface area contributed by atoms with Gasteiger partial charge in [-0.3, -0.25) is 4.79 Å². The molecule has 0 saturated heterocycles. The third kappa shape index (κ3) is 3.20. The molecular formula is C16H17BrO. The number of carbonyl (C=O) groups is 1. The Kier molecular flexibility index (Phi) is 4.18. The van der Waals surface area contributed by atoms with Gasteiger partial charge in [0.1, 0.15) is 0 Å². The molecule has 0 amide bonds. The highest BCUT2D eigenvalue weighted by atomic mass is 79.9. The maximum atomic E-state index is 12.1. The molecule has 0 heterocycles. The molecule has 0 atom stereocenters. The fourth-order valence-corrected chi connectivity index (χ4v) is 2.33. The fourth-order valence-electron chi connectivity index (χ4n) is 1.95. The van der Waals surface area contributed by atoms with Crippen LogP contribution in [0.1, 0.15) is 37.0 Å². The molecule has 0 aliphatic carbocycles. The fraction of sp³-hybridized carbons (Fsp3) is 0.312. The van der Waals surface area contributed by atoms with Gasteiger partial charge in [-0.15, -0.1) is 0 Å². The molecule has 2 heteroatoms. The topological polar surface area (TPSA) is 17.1 Å². The number of benzene rings is 2. The predicted octanol–water partition coefficient (Wildman–Crippen LogP) is 5.22. The van der Waals surface area contributed by atoms with Crippen LogP contribution >= 0.6 is 15.9 Å². The van der Waals surface area contributed by atoms with Crippen molar-refractivity contribution >= 4 is 32.5 Å². The summed E-state index contributed by atoms with van der Waals surface area (Å²) in [4.78, 5) is 12.1. The molecule has 2 rings (SSSR count). The van der Waals surface area contributed by atoms with Gasteiger partial charge in [-0.05, 0) is 41.3 Å². The molecule has 94 valence electrons. The Labute approximate surface area is 116 Å². The van der Waals surface area contributed by atoms with Crippen molar-refractivity contribution in [2.75, 3.05) is 0 Å². The summed E-state index contributed by atoms with van der Waals surface area (Å²) in [5.74, 6) is 0.818. The second-order valence-electron chi connectivity index (χ2n) is 5.06. The highest BCUT2D eigenvalue weighted by Gasteiger charge is 2.07. The van der Waals surface area contributed by atoms with Crippen molar-refractivity contribution in [3.63, 3.8) is 0 Å². The Bertz CT molecular complexity index is 572. The molecule has 0 N–H and O–H groups in total. The summed E-state index contributed by atoms with van der Waals surface area (Å²) in [6, 6.07) is 12.0. The summed E-state index contributed by atoms with van der Waals surface area (Å²) in [5.41, 5.74) is 0.825. The SMILES string of the molecule is CC(C)CCC(=O)c1ccc2cc(Br)ccc2c1. The number of fused-ring (bicyclic) bond motifs is 1. The molecule has 0 fully saturated rings. The second kappa shape index (κ2) is 5.66.